The standard InChI is InChI=1S/C11H13N3S/c1-3-8-4-6-10(15-8)9-5-7-11(12-2)14-13-9/h4-7H,3H2,1-2H3,(H,12,14). The number of nitrogens with zero attached hydrogens (tertiary/aromatic N) is 2. The lowest BCUT2D eigenvalue weighted by atomic mass is 10.3. The molecule has 4 heteroatoms. The molecule has 3 nitrogen and oxygen atoms in total. The molecule has 0 aromatic carbocycles. The van der Waals surface area contributed by atoms with Crippen LogP contribution in [0.2, 0.25) is 0 Å². The third-order valence-corrected chi connectivity index (χ3v) is 3.44. The van der Waals surface area contributed by atoms with Crippen LogP contribution in [0.3, 0.4) is 0 Å². The molecule has 2 rings (SSSR count). The Labute approximate surface area is 93.2 Å². The van der Waals surface area contributed by atoms with E-state index >= 15 is 0 Å². The predicted molar refractivity (Wildman–Crippen MR) is 64.3 cm³/mol. The van der Waals surface area contributed by atoms with Gasteiger partial charge in [-0.25, -0.2) is 0 Å². The Balaban J connectivity index is 2.28. The zero-order valence-corrected chi connectivity index (χ0v) is 9.64. The van der Waals surface area contributed by atoms with E-state index in [1.807, 2.05) is 19.2 Å². The Kier molecular flexibility index (Phi) is 2.97. The number of aryl methyl sites for hydroxylation is 1. The van der Waals surface area contributed by atoms with Gasteiger partial charge >= 0.3 is 0 Å². The monoisotopic (exact) mass is 219 g/mol. The van der Waals surface area contributed by atoms with E-state index in [4.69, 9.17) is 0 Å². The molecule has 78 valence electrons. The van der Waals surface area contributed by atoms with Gasteiger partial charge in [-0.3, -0.25) is 0 Å². The van der Waals surface area contributed by atoms with E-state index in [2.05, 4.69) is 34.6 Å². The third-order valence-electron chi connectivity index (χ3n) is 2.18. The minimum atomic E-state index is 0.797. The lowest BCUT2D eigenvalue weighted by molar-refractivity contribution is 1.04. The summed E-state index contributed by atoms with van der Waals surface area (Å²) in [7, 11) is 1.84. The summed E-state index contributed by atoms with van der Waals surface area (Å²) >= 11 is 1.78. The number of hydrogen-bond donors (Lipinski definition) is 1. The van der Waals surface area contributed by atoms with Crippen molar-refractivity contribution in [3.63, 3.8) is 0 Å². The fourth-order valence-electron chi connectivity index (χ4n) is 1.30. The Bertz CT molecular complexity index is 433. The second kappa shape index (κ2) is 4.40. The van der Waals surface area contributed by atoms with Crippen molar-refractivity contribution in [3.05, 3.63) is 29.1 Å². The fraction of sp³-hybridized carbons (Fsp3) is 0.273. The van der Waals surface area contributed by atoms with Crippen molar-refractivity contribution in [2.24, 2.45) is 0 Å². The molecule has 0 saturated heterocycles. The van der Waals surface area contributed by atoms with Crippen LogP contribution in [0.1, 0.15) is 11.8 Å². The largest absolute Gasteiger partial charge is 0.372 e. The topological polar surface area (TPSA) is 37.8 Å². The van der Waals surface area contributed by atoms with E-state index in [9.17, 15) is 0 Å². The molecule has 1 N–H and O–H groups in total. The van der Waals surface area contributed by atoms with Crippen molar-refractivity contribution in [3.8, 4) is 10.6 Å². The average molecular weight is 219 g/mol. The van der Waals surface area contributed by atoms with Crippen molar-refractivity contribution in [1.29, 1.82) is 0 Å². The van der Waals surface area contributed by atoms with Gasteiger partial charge in [-0.2, -0.15) is 0 Å². The first-order chi connectivity index (χ1) is 7.33. The first kappa shape index (κ1) is 10.1. The summed E-state index contributed by atoms with van der Waals surface area (Å²) in [6.07, 6.45) is 1.08. The molecule has 0 spiro atoms. The molecule has 2 aromatic heterocycles. The second-order valence-electron chi connectivity index (χ2n) is 3.17. The molecular weight excluding hydrogens is 206 g/mol. The van der Waals surface area contributed by atoms with E-state index in [1.165, 1.54) is 9.75 Å². The molecule has 15 heavy (non-hydrogen) atoms. The molecule has 0 unspecified atom stereocenters. The van der Waals surface area contributed by atoms with E-state index in [1.54, 1.807) is 11.3 Å². The van der Waals surface area contributed by atoms with Crippen LogP contribution >= 0.6 is 11.3 Å². The van der Waals surface area contributed by atoms with Crippen LogP contribution in [0.15, 0.2) is 24.3 Å². The molecule has 0 saturated carbocycles. The average Bonchev–Trinajstić information content (AvgIpc) is 2.78. The van der Waals surface area contributed by atoms with Gasteiger partial charge in [0.05, 0.1) is 4.88 Å². The van der Waals surface area contributed by atoms with Gasteiger partial charge in [0.1, 0.15) is 11.5 Å². The summed E-state index contributed by atoms with van der Waals surface area (Å²) in [5.74, 6) is 0.797. The summed E-state index contributed by atoms with van der Waals surface area (Å²) < 4.78 is 0. The number of aromatic nitrogens is 2. The summed E-state index contributed by atoms with van der Waals surface area (Å²) in [6, 6.07) is 8.18. The normalized spacial score (nSPS) is 10.3. The van der Waals surface area contributed by atoms with E-state index < -0.39 is 0 Å². The van der Waals surface area contributed by atoms with Crippen LogP contribution in [-0.2, 0) is 6.42 Å². The van der Waals surface area contributed by atoms with Crippen LogP contribution in [0.25, 0.3) is 10.6 Å². The van der Waals surface area contributed by atoms with Crippen molar-refractivity contribution >= 4 is 17.2 Å². The maximum atomic E-state index is 4.17. The lowest BCUT2D eigenvalue weighted by Crippen LogP contribution is -1.94. The predicted octanol–water partition coefficient (Wildman–Crippen LogP) is 2.81. The highest BCUT2D eigenvalue weighted by molar-refractivity contribution is 7.15. The molecule has 0 fully saturated rings. The zero-order valence-electron chi connectivity index (χ0n) is 8.82. The smallest absolute Gasteiger partial charge is 0.148 e. The first-order valence-corrected chi connectivity index (χ1v) is 5.75. The van der Waals surface area contributed by atoms with Crippen LogP contribution in [0.5, 0.6) is 0 Å². The fourth-order valence-corrected chi connectivity index (χ4v) is 2.22. The first-order valence-electron chi connectivity index (χ1n) is 4.94. The summed E-state index contributed by atoms with van der Waals surface area (Å²) in [4.78, 5) is 2.56. The maximum Gasteiger partial charge on any atom is 0.148 e. The zero-order chi connectivity index (χ0) is 10.7. The number of anilines is 1. The molecule has 0 amide bonds. The lowest BCUT2D eigenvalue weighted by Gasteiger charge is -1.98. The van der Waals surface area contributed by atoms with Crippen molar-refractivity contribution < 1.29 is 0 Å². The maximum absolute atomic E-state index is 4.17. The van der Waals surface area contributed by atoms with Gasteiger partial charge in [-0.15, -0.1) is 21.5 Å². The highest BCUT2D eigenvalue weighted by Gasteiger charge is 2.03. The molecular formula is C11H13N3S. The third kappa shape index (κ3) is 2.15. The molecule has 0 radical (unpaired) electrons. The van der Waals surface area contributed by atoms with Crippen molar-refractivity contribution in [2.75, 3.05) is 12.4 Å². The van der Waals surface area contributed by atoms with Crippen LogP contribution in [0.4, 0.5) is 5.82 Å². The number of rotatable bonds is 3. The molecule has 0 bridgehead atoms. The number of nitrogens with one attached hydrogen (secondary N) is 1. The Morgan fingerprint density at radius 3 is 2.60 bits per heavy atom. The van der Waals surface area contributed by atoms with Gasteiger partial charge < -0.3 is 5.32 Å². The molecule has 0 atom stereocenters. The quantitative estimate of drug-likeness (QED) is 0.862. The molecule has 0 aliphatic carbocycles. The molecule has 0 aliphatic heterocycles. The van der Waals surface area contributed by atoms with E-state index in [-0.39, 0.29) is 0 Å². The van der Waals surface area contributed by atoms with Gasteiger partial charge in [-0.1, -0.05) is 6.92 Å². The van der Waals surface area contributed by atoms with E-state index in [0.29, 0.717) is 0 Å². The van der Waals surface area contributed by atoms with Crippen molar-refractivity contribution in [2.45, 2.75) is 13.3 Å². The van der Waals surface area contributed by atoms with E-state index in [0.717, 1.165) is 17.9 Å². The minimum Gasteiger partial charge on any atom is -0.372 e. The molecule has 0 aliphatic rings. The van der Waals surface area contributed by atoms with Crippen molar-refractivity contribution in [1.82, 2.24) is 10.2 Å². The van der Waals surface area contributed by atoms with Crippen LogP contribution < -0.4 is 5.32 Å². The molecule has 2 aromatic rings. The van der Waals surface area contributed by atoms with Crippen LogP contribution in [-0.4, -0.2) is 17.2 Å². The molecule has 2 heterocycles. The van der Waals surface area contributed by atoms with Gasteiger partial charge in [-0.05, 0) is 30.7 Å². The van der Waals surface area contributed by atoms with Gasteiger partial charge in [0, 0.05) is 11.9 Å². The van der Waals surface area contributed by atoms with Gasteiger partial charge in [0.2, 0.25) is 0 Å². The van der Waals surface area contributed by atoms with Gasteiger partial charge in [0.25, 0.3) is 0 Å². The minimum absolute atomic E-state index is 0.797. The Morgan fingerprint density at radius 2 is 2.07 bits per heavy atom. The highest BCUT2D eigenvalue weighted by Crippen LogP contribution is 2.26. The van der Waals surface area contributed by atoms with Gasteiger partial charge in [0.15, 0.2) is 0 Å². The van der Waals surface area contributed by atoms with Crippen LogP contribution in [0, 0.1) is 0 Å². The summed E-state index contributed by atoms with van der Waals surface area (Å²) in [5, 5.41) is 11.2. The SMILES string of the molecule is CCc1ccc(-c2ccc(NC)nn2)s1. The summed E-state index contributed by atoms with van der Waals surface area (Å²) in [5.41, 5.74) is 0.943. The number of hydrogen-bond acceptors (Lipinski definition) is 4. The Morgan fingerprint density at radius 1 is 1.20 bits per heavy atom. The summed E-state index contributed by atoms with van der Waals surface area (Å²) in [6.45, 7) is 2.16. The Hall–Kier alpha value is -1.42. The number of thiophene rings is 1. The second-order valence-corrected chi connectivity index (χ2v) is 4.34. The highest BCUT2D eigenvalue weighted by atomic mass is 32.1.